The fourth-order valence-electron chi connectivity index (χ4n) is 3.93. The third-order valence-corrected chi connectivity index (χ3v) is 7.16. The number of carbonyl (C=O) groups excluding carboxylic acids is 1. The number of nitrogen functional groups attached to an aromatic ring is 1. The van der Waals surface area contributed by atoms with Gasteiger partial charge in [-0.15, -0.1) is 11.3 Å². The summed E-state index contributed by atoms with van der Waals surface area (Å²) in [4.78, 5) is 11.5. The maximum Gasteiger partial charge on any atom is 0.207 e. The molecular weight excluding hydrogens is 515 g/mol. The molecule has 11 heteroatoms. The summed E-state index contributed by atoms with van der Waals surface area (Å²) in [5.74, 6) is -3.09. The van der Waals surface area contributed by atoms with Crippen LogP contribution < -0.4 is 22.1 Å². The van der Waals surface area contributed by atoms with Crippen molar-refractivity contribution in [3.05, 3.63) is 58.2 Å². The number of aliphatic hydroxyl groups is 1. The number of halogens is 3. The van der Waals surface area contributed by atoms with Gasteiger partial charge in [-0.3, -0.25) is 4.79 Å². The summed E-state index contributed by atoms with van der Waals surface area (Å²) in [6, 6.07) is 8.60. The van der Waals surface area contributed by atoms with Crippen LogP contribution in [0.1, 0.15) is 37.1 Å². The van der Waals surface area contributed by atoms with E-state index in [0.717, 1.165) is 4.88 Å². The zero-order chi connectivity index (χ0) is 28.0. The summed E-state index contributed by atoms with van der Waals surface area (Å²) in [6.45, 7) is 3.36. The Balaban J connectivity index is 2.09. The minimum atomic E-state index is -1.20. The molecular formula is C27H30F3N5O2S. The molecule has 0 spiro atoms. The summed E-state index contributed by atoms with van der Waals surface area (Å²) in [7, 11) is 0. The molecule has 202 valence electrons. The number of rotatable bonds is 12. The van der Waals surface area contributed by atoms with Gasteiger partial charge in [0, 0.05) is 33.5 Å². The highest BCUT2D eigenvalue weighted by atomic mass is 32.1. The van der Waals surface area contributed by atoms with E-state index in [1.807, 2.05) is 0 Å². The van der Waals surface area contributed by atoms with Crippen molar-refractivity contribution in [2.75, 3.05) is 24.2 Å². The Morgan fingerprint density at radius 2 is 1.92 bits per heavy atom. The van der Waals surface area contributed by atoms with E-state index in [2.05, 4.69) is 10.6 Å². The van der Waals surface area contributed by atoms with Gasteiger partial charge < -0.3 is 27.2 Å². The second-order valence-corrected chi connectivity index (χ2v) is 10.8. The van der Waals surface area contributed by atoms with E-state index in [-0.39, 0.29) is 35.2 Å². The number of nitrogens with zero attached hydrogens (tertiary/aromatic N) is 1. The summed E-state index contributed by atoms with van der Waals surface area (Å²) in [5.41, 5.74) is 11.7. The number of hydrogen-bond donors (Lipinski definition) is 5. The van der Waals surface area contributed by atoms with Crippen molar-refractivity contribution in [3.63, 3.8) is 0 Å². The van der Waals surface area contributed by atoms with E-state index in [1.54, 1.807) is 32.0 Å². The maximum absolute atomic E-state index is 15.5. The fourth-order valence-corrected chi connectivity index (χ4v) is 5.21. The van der Waals surface area contributed by atoms with Gasteiger partial charge in [0.1, 0.15) is 11.9 Å². The maximum atomic E-state index is 15.5. The topological polar surface area (TPSA) is 137 Å². The Morgan fingerprint density at radius 3 is 2.55 bits per heavy atom. The van der Waals surface area contributed by atoms with Gasteiger partial charge in [-0.1, -0.05) is 6.07 Å². The number of amides is 1. The molecule has 1 aromatic heterocycles. The lowest BCUT2D eigenvalue weighted by molar-refractivity contribution is -0.109. The van der Waals surface area contributed by atoms with E-state index < -0.39 is 23.0 Å². The Bertz CT molecular complexity index is 1350. The number of thiophene rings is 1. The van der Waals surface area contributed by atoms with E-state index in [0.29, 0.717) is 48.2 Å². The first-order valence-electron chi connectivity index (χ1n) is 11.9. The first-order chi connectivity index (χ1) is 18.0. The van der Waals surface area contributed by atoms with Crippen LogP contribution in [0.5, 0.6) is 0 Å². The van der Waals surface area contributed by atoms with Gasteiger partial charge in [0.2, 0.25) is 6.41 Å². The normalized spacial score (nSPS) is 12.2. The molecule has 7 nitrogen and oxygen atoms in total. The van der Waals surface area contributed by atoms with E-state index in [1.165, 1.54) is 29.5 Å². The average molecular weight is 546 g/mol. The second-order valence-electron chi connectivity index (χ2n) is 9.62. The standard InChI is InChI=1S/C27H30F3N5O2S/c1-27(2,13-36)35-25-22(33)11-20(23(29)24(25)30)26-19(15-5-6-16(12-31)21(28)8-15)10-18(38-26)9-17(32)4-3-7-34-14-37/h5-6,8,10-11,14,17,35-36H,3-4,7,9,13,32-33H2,1-2H3,(H,34,37). The van der Waals surface area contributed by atoms with Gasteiger partial charge in [-0.05, 0) is 62.9 Å². The molecule has 0 fully saturated rings. The molecule has 1 unspecified atom stereocenters. The van der Waals surface area contributed by atoms with Gasteiger partial charge in [0.05, 0.1) is 29.1 Å². The number of nitrogens with two attached hydrogens (primary N) is 2. The second kappa shape index (κ2) is 12.3. The summed E-state index contributed by atoms with van der Waals surface area (Å²) < 4.78 is 45.2. The number of hydrogen-bond acceptors (Lipinski definition) is 7. The number of benzene rings is 2. The number of aliphatic hydroxyl groups excluding tert-OH is 1. The molecule has 3 rings (SSSR count). The summed E-state index contributed by atoms with van der Waals surface area (Å²) in [5, 5.41) is 23.9. The zero-order valence-corrected chi connectivity index (χ0v) is 21.9. The number of carbonyl (C=O) groups is 1. The van der Waals surface area contributed by atoms with Gasteiger partial charge in [0.15, 0.2) is 11.6 Å². The van der Waals surface area contributed by atoms with Crippen LogP contribution in [0.2, 0.25) is 0 Å². The monoisotopic (exact) mass is 545 g/mol. The smallest absolute Gasteiger partial charge is 0.207 e. The summed E-state index contributed by atoms with van der Waals surface area (Å²) in [6.07, 6.45) is 2.32. The first-order valence-corrected chi connectivity index (χ1v) is 12.7. The van der Waals surface area contributed by atoms with Gasteiger partial charge >= 0.3 is 0 Å². The molecule has 0 saturated carbocycles. The minimum Gasteiger partial charge on any atom is -0.397 e. The van der Waals surface area contributed by atoms with Crippen LogP contribution in [0.25, 0.3) is 21.6 Å². The molecule has 38 heavy (non-hydrogen) atoms. The summed E-state index contributed by atoms with van der Waals surface area (Å²) >= 11 is 1.19. The molecule has 0 radical (unpaired) electrons. The Labute approximate surface area is 223 Å². The molecule has 0 aliphatic carbocycles. The third-order valence-electron chi connectivity index (χ3n) is 5.97. The van der Waals surface area contributed by atoms with Gasteiger partial charge in [0.25, 0.3) is 0 Å². The predicted octanol–water partition coefficient (Wildman–Crippen LogP) is 4.53. The highest BCUT2D eigenvalue weighted by molar-refractivity contribution is 7.16. The molecule has 3 aromatic rings. The fraction of sp³-hybridized carbons (Fsp3) is 0.333. The average Bonchev–Trinajstić information content (AvgIpc) is 3.29. The molecule has 1 amide bonds. The predicted molar refractivity (Wildman–Crippen MR) is 144 cm³/mol. The number of nitrogens with one attached hydrogen (secondary N) is 2. The van der Waals surface area contributed by atoms with Crippen LogP contribution in [0, 0.1) is 28.8 Å². The molecule has 7 N–H and O–H groups in total. The molecule has 0 bridgehead atoms. The highest BCUT2D eigenvalue weighted by Gasteiger charge is 2.26. The van der Waals surface area contributed by atoms with Crippen molar-refractivity contribution in [1.82, 2.24) is 5.32 Å². The van der Waals surface area contributed by atoms with E-state index in [9.17, 15) is 14.3 Å². The van der Waals surface area contributed by atoms with Crippen LogP contribution in [0.3, 0.4) is 0 Å². The van der Waals surface area contributed by atoms with E-state index >= 15 is 8.78 Å². The van der Waals surface area contributed by atoms with Crippen molar-refractivity contribution in [3.8, 4) is 27.6 Å². The van der Waals surface area contributed by atoms with Crippen molar-refractivity contribution in [2.45, 2.75) is 44.7 Å². The minimum absolute atomic E-state index is 0.0632. The van der Waals surface area contributed by atoms with Gasteiger partial charge in [-0.2, -0.15) is 5.26 Å². The first kappa shape index (κ1) is 29.0. The van der Waals surface area contributed by atoms with Crippen LogP contribution in [0.15, 0.2) is 30.3 Å². The molecule has 1 heterocycles. The van der Waals surface area contributed by atoms with Crippen LogP contribution in [-0.4, -0.2) is 36.2 Å². The molecule has 0 aliphatic rings. The van der Waals surface area contributed by atoms with Crippen LogP contribution in [-0.2, 0) is 11.2 Å². The molecule has 1 atom stereocenters. The van der Waals surface area contributed by atoms with Crippen molar-refractivity contribution >= 4 is 29.1 Å². The quantitative estimate of drug-likeness (QED) is 0.129. The number of nitriles is 1. The Kier molecular flexibility index (Phi) is 9.38. The van der Waals surface area contributed by atoms with Crippen LogP contribution in [0.4, 0.5) is 24.5 Å². The number of anilines is 2. The van der Waals surface area contributed by atoms with Crippen LogP contribution >= 0.6 is 11.3 Å². The zero-order valence-electron chi connectivity index (χ0n) is 21.1. The lowest BCUT2D eigenvalue weighted by atomic mass is 9.98. The lowest BCUT2D eigenvalue weighted by Gasteiger charge is -2.26. The SMILES string of the molecule is CC(C)(CO)Nc1c(N)cc(-c2sc(CC(N)CCCNC=O)cc2-c2ccc(C#N)c(F)c2)c(F)c1F. The molecule has 2 aromatic carbocycles. The largest absolute Gasteiger partial charge is 0.397 e. The lowest BCUT2D eigenvalue weighted by Crippen LogP contribution is -2.35. The highest BCUT2D eigenvalue weighted by Crippen LogP contribution is 2.44. The molecule has 0 aliphatic heterocycles. The van der Waals surface area contributed by atoms with Crippen molar-refractivity contribution in [2.24, 2.45) is 5.73 Å². The van der Waals surface area contributed by atoms with Crippen molar-refractivity contribution in [1.29, 1.82) is 5.26 Å². The Morgan fingerprint density at radius 1 is 1.18 bits per heavy atom. The van der Waals surface area contributed by atoms with Gasteiger partial charge in [-0.25, -0.2) is 13.2 Å². The third kappa shape index (κ3) is 6.64. The van der Waals surface area contributed by atoms with E-state index in [4.69, 9.17) is 16.7 Å². The molecule has 0 saturated heterocycles. The Hall–Kier alpha value is -3.59. The van der Waals surface area contributed by atoms with Crippen molar-refractivity contribution < 1.29 is 23.1 Å².